The minimum atomic E-state index is -3.50. The van der Waals surface area contributed by atoms with Crippen molar-refractivity contribution >= 4 is 26.0 Å². The van der Waals surface area contributed by atoms with Gasteiger partial charge in [0, 0.05) is 4.47 Å². The standard InChI is InChI=1S/C13H16BrNO3S/c1-8-2-4-10(14)13(6-8)19(16,17)15-11-7-9-3-5-12(11)18-9/h2,4,6,9,11-12,15H,3,5,7H2,1H3/t9-,11+,12-/m1/s1. The molecule has 0 unspecified atom stereocenters. The number of ether oxygens (including phenoxy) is 1. The van der Waals surface area contributed by atoms with Gasteiger partial charge in [-0.3, -0.25) is 0 Å². The van der Waals surface area contributed by atoms with Crippen LogP contribution in [0.2, 0.25) is 0 Å². The van der Waals surface area contributed by atoms with Crippen molar-refractivity contribution in [1.29, 1.82) is 0 Å². The SMILES string of the molecule is Cc1ccc(Br)c(S(=O)(=O)N[C@H]2C[C@H]3CC[C@H]2O3)c1. The first-order chi connectivity index (χ1) is 8.95. The van der Waals surface area contributed by atoms with E-state index in [1.807, 2.05) is 13.0 Å². The quantitative estimate of drug-likeness (QED) is 0.914. The molecule has 0 amide bonds. The summed E-state index contributed by atoms with van der Waals surface area (Å²) >= 11 is 3.31. The van der Waals surface area contributed by atoms with Crippen LogP contribution < -0.4 is 4.72 Å². The van der Waals surface area contributed by atoms with Gasteiger partial charge >= 0.3 is 0 Å². The lowest BCUT2D eigenvalue weighted by Crippen LogP contribution is -2.41. The molecule has 0 saturated carbocycles. The van der Waals surface area contributed by atoms with Crippen LogP contribution in [0.5, 0.6) is 0 Å². The van der Waals surface area contributed by atoms with Crippen molar-refractivity contribution in [3.8, 4) is 0 Å². The third kappa shape index (κ3) is 2.59. The van der Waals surface area contributed by atoms with Gasteiger partial charge in [-0.15, -0.1) is 0 Å². The van der Waals surface area contributed by atoms with Crippen LogP contribution in [-0.2, 0) is 14.8 Å². The minimum absolute atomic E-state index is 0.0448. The highest BCUT2D eigenvalue weighted by Crippen LogP contribution is 2.35. The van der Waals surface area contributed by atoms with Gasteiger partial charge < -0.3 is 4.74 Å². The van der Waals surface area contributed by atoms with Gasteiger partial charge in [-0.25, -0.2) is 13.1 Å². The van der Waals surface area contributed by atoms with Gasteiger partial charge in [0.05, 0.1) is 23.1 Å². The van der Waals surface area contributed by atoms with Crippen LogP contribution >= 0.6 is 15.9 Å². The molecule has 1 aromatic carbocycles. The molecule has 1 aromatic rings. The average Bonchev–Trinajstić information content (AvgIpc) is 2.93. The van der Waals surface area contributed by atoms with E-state index in [4.69, 9.17) is 4.74 Å². The highest BCUT2D eigenvalue weighted by atomic mass is 79.9. The summed E-state index contributed by atoms with van der Waals surface area (Å²) in [5.41, 5.74) is 0.924. The lowest BCUT2D eigenvalue weighted by molar-refractivity contribution is 0.0996. The predicted molar refractivity (Wildman–Crippen MR) is 75.5 cm³/mol. The van der Waals surface area contributed by atoms with E-state index >= 15 is 0 Å². The van der Waals surface area contributed by atoms with Crippen molar-refractivity contribution in [3.05, 3.63) is 28.2 Å². The van der Waals surface area contributed by atoms with E-state index in [1.54, 1.807) is 12.1 Å². The summed E-state index contributed by atoms with van der Waals surface area (Å²) in [6.07, 6.45) is 3.07. The Labute approximate surface area is 121 Å². The Morgan fingerprint density at radius 2 is 2.16 bits per heavy atom. The van der Waals surface area contributed by atoms with Crippen LogP contribution in [0.1, 0.15) is 24.8 Å². The van der Waals surface area contributed by atoms with Crippen LogP contribution in [0.3, 0.4) is 0 Å². The molecule has 2 heterocycles. The summed E-state index contributed by atoms with van der Waals surface area (Å²) in [5.74, 6) is 0. The van der Waals surface area contributed by atoms with Crippen molar-refractivity contribution in [1.82, 2.24) is 4.72 Å². The first-order valence-electron chi connectivity index (χ1n) is 6.40. The lowest BCUT2D eigenvalue weighted by atomic mass is 9.96. The van der Waals surface area contributed by atoms with E-state index in [0.29, 0.717) is 9.37 Å². The maximum atomic E-state index is 12.4. The Bertz CT molecular complexity index is 602. The maximum absolute atomic E-state index is 12.4. The summed E-state index contributed by atoms with van der Waals surface area (Å²) in [7, 11) is -3.50. The molecule has 2 aliphatic rings. The zero-order valence-corrected chi connectivity index (χ0v) is 13.0. The fourth-order valence-corrected chi connectivity index (χ4v) is 5.17. The molecule has 2 saturated heterocycles. The Morgan fingerprint density at radius 3 is 2.79 bits per heavy atom. The van der Waals surface area contributed by atoms with Gasteiger partial charge in [0.15, 0.2) is 0 Å². The van der Waals surface area contributed by atoms with Crippen LogP contribution in [0.15, 0.2) is 27.6 Å². The zero-order chi connectivity index (χ0) is 13.6. The number of fused-ring (bicyclic) bond motifs is 2. The van der Waals surface area contributed by atoms with E-state index < -0.39 is 10.0 Å². The predicted octanol–water partition coefficient (Wildman–Crippen LogP) is 2.36. The molecule has 19 heavy (non-hydrogen) atoms. The molecule has 2 aliphatic heterocycles. The number of halogens is 1. The smallest absolute Gasteiger partial charge is 0.242 e. The summed E-state index contributed by atoms with van der Waals surface area (Å²) in [6, 6.07) is 5.24. The summed E-state index contributed by atoms with van der Waals surface area (Å²) in [5, 5.41) is 0. The second-order valence-corrected chi connectivity index (χ2v) is 7.81. The second kappa shape index (κ2) is 4.84. The molecule has 0 aromatic heterocycles. The highest BCUT2D eigenvalue weighted by Gasteiger charge is 2.42. The van der Waals surface area contributed by atoms with Crippen LogP contribution in [0.4, 0.5) is 0 Å². The Balaban J connectivity index is 1.85. The van der Waals surface area contributed by atoms with Gasteiger partial charge in [-0.05, 0) is 59.8 Å². The molecule has 4 nitrogen and oxygen atoms in total. The molecule has 2 bridgehead atoms. The van der Waals surface area contributed by atoms with Gasteiger partial charge in [-0.1, -0.05) is 6.07 Å². The number of nitrogens with one attached hydrogen (secondary N) is 1. The number of aryl methyl sites for hydroxylation is 1. The van der Waals surface area contributed by atoms with Crippen LogP contribution in [0, 0.1) is 6.92 Å². The molecule has 0 aliphatic carbocycles. The van der Waals surface area contributed by atoms with E-state index in [0.717, 1.165) is 24.8 Å². The summed E-state index contributed by atoms with van der Waals surface area (Å²) < 4.78 is 33.9. The maximum Gasteiger partial charge on any atom is 0.242 e. The van der Waals surface area contributed by atoms with Gasteiger partial charge in [0.25, 0.3) is 0 Å². The van der Waals surface area contributed by atoms with Crippen molar-refractivity contribution in [2.45, 2.75) is 49.3 Å². The van der Waals surface area contributed by atoms with E-state index in [9.17, 15) is 8.42 Å². The van der Waals surface area contributed by atoms with Crippen molar-refractivity contribution in [2.24, 2.45) is 0 Å². The van der Waals surface area contributed by atoms with Crippen molar-refractivity contribution in [3.63, 3.8) is 0 Å². The number of benzene rings is 1. The monoisotopic (exact) mass is 345 g/mol. The number of sulfonamides is 1. The molecular weight excluding hydrogens is 330 g/mol. The van der Waals surface area contributed by atoms with E-state index in [2.05, 4.69) is 20.7 Å². The number of rotatable bonds is 3. The Hall–Kier alpha value is -0.430. The first-order valence-corrected chi connectivity index (χ1v) is 8.67. The molecule has 0 radical (unpaired) electrons. The molecule has 3 rings (SSSR count). The number of hydrogen-bond donors (Lipinski definition) is 1. The molecule has 6 heteroatoms. The average molecular weight is 346 g/mol. The molecular formula is C13H16BrNO3S. The van der Waals surface area contributed by atoms with Gasteiger partial charge in [-0.2, -0.15) is 0 Å². The largest absolute Gasteiger partial charge is 0.373 e. The summed E-state index contributed by atoms with van der Waals surface area (Å²) in [4.78, 5) is 0.301. The van der Waals surface area contributed by atoms with E-state index in [-0.39, 0.29) is 18.2 Å². The Morgan fingerprint density at radius 1 is 1.37 bits per heavy atom. The highest BCUT2D eigenvalue weighted by molar-refractivity contribution is 9.10. The van der Waals surface area contributed by atoms with Crippen LogP contribution in [0.25, 0.3) is 0 Å². The molecule has 3 atom stereocenters. The Kier molecular flexibility index (Phi) is 3.45. The molecule has 104 valence electrons. The van der Waals surface area contributed by atoms with Crippen molar-refractivity contribution < 1.29 is 13.2 Å². The molecule has 0 spiro atoms. The fourth-order valence-electron chi connectivity index (χ4n) is 2.84. The number of hydrogen-bond acceptors (Lipinski definition) is 3. The molecule has 2 fully saturated rings. The topological polar surface area (TPSA) is 55.4 Å². The normalized spacial score (nSPS) is 29.9. The van der Waals surface area contributed by atoms with E-state index in [1.165, 1.54) is 0 Å². The molecule has 1 N–H and O–H groups in total. The van der Waals surface area contributed by atoms with Crippen LogP contribution in [-0.4, -0.2) is 26.7 Å². The second-order valence-electron chi connectivity index (χ2n) is 5.27. The zero-order valence-electron chi connectivity index (χ0n) is 10.6. The summed E-state index contributed by atoms with van der Waals surface area (Å²) in [6.45, 7) is 1.88. The van der Waals surface area contributed by atoms with Crippen molar-refractivity contribution in [2.75, 3.05) is 0 Å². The van der Waals surface area contributed by atoms with Gasteiger partial charge in [0.2, 0.25) is 10.0 Å². The first kappa shape index (κ1) is 13.5. The van der Waals surface area contributed by atoms with Gasteiger partial charge in [0.1, 0.15) is 0 Å². The third-order valence-corrected chi connectivity index (χ3v) is 6.27. The lowest BCUT2D eigenvalue weighted by Gasteiger charge is -2.20. The minimum Gasteiger partial charge on any atom is -0.373 e. The third-order valence-electron chi connectivity index (χ3n) is 3.79. The fraction of sp³-hybridized carbons (Fsp3) is 0.538.